The highest BCUT2D eigenvalue weighted by atomic mass is 16.3. The normalized spacial score (nSPS) is 20.6. The Kier molecular flexibility index (Phi) is 4.56. The van der Waals surface area contributed by atoms with E-state index in [0.717, 1.165) is 24.1 Å². The van der Waals surface area contributed by atoms with Gasteiger partial charge in [0.2, 0.25) is 5.91 Å². The van der Waals surface area contributed by atoms with Crippen molar-refractivity contribution in [1.29, 1.82) is 0 Å². The second kappa shape index (κ2) is 6.17. The molecule has 19 heavy (non-hydrogen) atoms. The van der Waals surface area contributed by atoms with Crippen LogP contribution in [-0.2, 0) is 17.8 Å². The third kappa shape index (κ3) is 3.33. The molecular weight excluding hydrogens is 240 g/mol. The first-order chi connectivity index (χ1) is 9.11. The number of aliphatic hydroxyl groups excluding tert-OH is 1. The van der Waals surface area contributed by atoms with Gasteiger partial charge in [-0.2, -0.15) is 0 Å². The van der Waals surface area contributed by atoms with Gasteiger partial charge >= 0.3 is 0 Å². The zero-order chi connectivity index (χ0) is 13.8. The minimum Gasteiger partial charge on any atom is -0.393 e. The van der Waals surface area contributed by atoms with E-state index < -0.39 is 0 Å². The van der Waals surface area contributed by atoms with Crippen molar-refractivity contribution in [1.82, 2.24) is 4.90 Å². The Morgan fingerprint density at radius 3 is 2.74 bits per heavy atom. The number of amides is 1. The van der Waals surface area contributed by atoms with Gasteiger partial charge < -0.3 is 15.7 Å². The topological polar surface area (TPSA) is 66.6 Å². The molecule has 1 aliphatic heterocycles. The Labute approximate surface area is 114 Å². The van der Waals surface area contributed by atoms with Crippen LogP contribution in [0.5, 0.6) is 0 Å². The van der Waals surface area contributed by atoms with Crippen LogP contribution in [0.1, 0.15) is 24.5 Å². The highest BCUT2D eigenvalue weighted by Gasteiger charge is 2.28. The number of benzene rings is 1. The average Bonchev–Trinajstić information content (AvgIpc) is 2.89. The number of hydrogen-bond donors (Lipinski definition) is 2. The summed E-state index contributed by atoms with van der Waals surface area (Å²) < 4.78 is 0. The van der Waals surface area contributed by atoms with Crippen molar-refractivity contribution in [2.75, 3.05) is 13.1 Å². The first-order valence-electron chi connectivity index (χ1n) is 6.84. The zero-order valence-corrected chi connectivity index (χ0v) is 11.4. The second-order valence-electron chi connectivity index (χ2n) is 5.28. The highest BCUT2D eigenvalue weighted by Crippen LogP contribution is 2.21. The van der Waals surface area contributed by atoms with E-state index in [0.29, 0.717) is 19.5 Å². The smallest absolute Gasteiger partial charge is 0.227 e. The van der Waals surface area contributed by atoms with Crippen LogP contribution in [0.15, 0.2) is 24.3 Å². The molecule has 2 atom stereocenters. The van der Waals surface area contributed by atoms with E-state index in [4.69, 9.17) is 5.73 Å². The predicted octanol–water partition coefficient (Wildman–Crippen LogP) is 0.917. The lowest BCUT2D eigenvalue weighted by molar-refractivity contribution is -0.129. The molecule has 0 aromatic heterocycles. The van der Waals surface area contributed by atoms with Crippen molar-refractivity contribution in [3.05, 3.63) is 35.4 Å². The number of nitrogens with zero attached hydrogens (tertiary/aromatic N) is 1. The van der Waals surface area contributed by atoms with E-state index in [1.165, 1.54) is 0 Å². The van der Waals surface area contributed by atoms with E-state index >= 15 is 0 Å². The molecule has 3 N–H and O–H groups in total. The molecule has 4 nitrogen and oxygen atoms in total. The van der Waals surface area contributed by atoms with Crippen molar-refractivity contribution in [2.45, 2.75) is 32.4 Å². The van der Waals surface area contributed by atoms with Crippen molar-refractivity contribution in [3.63, 3.8) is 0 Å². The fourth-order valence-electron chi connectivity index (χ4n) is 2.61. The van der Waals surface area contributed by atoms with Gasteiger partial charge in [-0.15, -0.1) is 0 Å². The molecule has 0 spiro atoms. The number of aliphatic hydroxyl groups is 1. The lowest BCUT2D eigenvalue weighted by Gasteiger charge is -2.18. The van der Waals surface area contributed by atoms with Crippen molar-refractivity contribution in [3.8, 4) is 0 Å². The summed E-state index contributed by atoms with van der Waals surface area (Å²) in [5, 5.41) is 9.57. The van der Waals surface area contributed by atoms with E-state index in [9.17, 15) is 9.90 Å². The van der Waals surface area contributed by atoms with E-state index in [2.05, 4.69) is 0 Å². The van der Waals surface area contributed by atoms with Crippen LogP contribution in [0.2, 0.25) is 0 Å². The van der Waals surface area contributed by atoms with Gasteiger partial charge in [-0.05, 0) is 24.5 Å². The summed E-state index contributed by atoms with van der Waals surface area (Å²) in [4.78, 5) is 14.1. The van der Waals surface area contributed by atoms with Crippen LogP contribution in [0.3, 0.4) is 0 Å². The standard InChI is InChI=1S/C15H22N2O2/c1-11(18)14-6-7-17(10-14)15(19)8-12-4-2-3-5-13(12)9-16/h2-5,11,14,18H,6-10,16H2,1H3. The molecule has 1 saturated heterocycles. The summed E-state index contributed by atoms with van der Waals surface area (Å²) in [5.41, 5.74) is 7.72. The Hall–Kier alpha value is -1.39. The quantitative estimate of drug-likeness (QED) is 0.848. The maximum absolute atomic E-state index is 12.3. The van der Waals surface area contributed by atoms with Crippen molar-refractivity contribution < 1.29 is 9.90 Å². The van der Waals surface area contributed by atoms with Gasteiger partial charge in [0.25, 0.3) is 0 Å². The highest BCUT2D eigenvalue weighted by molar-refractivity contribution is 5.79. The molecule has 1 amide bonds. The number of carbonyl (C=O) groups is 1. The monoisotopic (exact) mass is 262 g/mol. The summed E-state index contributed by atoms with van der Waals surface area (Å²) in [6, 6.07) is 7.80. The average molecular weight is 262 g/mol. The fourth-order valence-corrected chi connectivity index (χ4v) is 2.61. The number of nitrogens with two attached hydrogens (primary N) is 1. The minimum atomic E-state index is -0.339. The Bertz CT molecular complexity index is 446. The maximum Gasteiger partial charge on any atom is 0.227 e. The third-order valence-corrected chi connectivity index (χ3v) is 3.94. The molecule has 1 aromatic carbocycles. The predicted molar refractivity (Wildman–Crippen MR) is 74.4 cm³/mol. The molecular formula is C15H22N2O2. The summed E-state index contributed by atoms with van der Waals surface area (Å²) in [6.07, 6.45) is 0.955. The number of likely N-dealkylation sites (tertiary alicyclic amines) is 1. The fraction of sp³-hybridized carbons (Fsp3) is 0.533. The summed E-state index contributed by atoms with van der Waals surface area (Å²) in [6.45, 7) is 3.67. The van der Waals surface area contributed by atoms with Gasteiger partial charge in [0.05, 0.1) is 12.5 Å². The summed E-state index contributed by atoms with van der Waals surface area (Å²) in [7, 11) is 0. The zero-order valence-electron chi connectivity index (χ0n) is 11.4. The van der Waals surface area contributed by atoms with Crippen LogP contribution in [-0.4, -0.2) is 35.1 Å². The molecule has 1 aliphatic rings. The van der Waals surface area contributed by atoms with Crippen LogP contribution in [0.25, 0.3) is 0 Å². The van der Waals surface area contributed by atoms with E-state index in [1.54, 1.807) is 6.92 Å². The largest absolute Gasteiger partial charge is 0.393 e. The Balaban J connectivity index is 1.98. The second-order valence-corrected chi connectivity index (χ2v) is 5.28. The lowest BCUT2D eigenvalue weighted by Crippen LogP contribution is -2.31. The first kappa shape index (κ1) is 14.0. The summed E-state index contributed by atoms with van der Waals surface area (Å²) in [5.74, 6) is 0.345. The van der Waals surface area contributed by atoms with Crippen LogP contribution in [0, 0.1) is 5.92 Å². The molecule has 0 saturated carbocycles. The van der Waals surface area contributed by atoms with E-state index in [1.807, 2.05) is 29.2 Å². The third-order valence-electron chi connectivity index (χ3n) is 3.94. The molecule has 0 radical (unpaired) electrons. The van der Waals surface area contributed by atoms with Crippen LogP contribution < -0.4 is 5.73 Å². The molecule has 2 unspecified atom stereocenters. The molecule has 104 valence electrons. The Morgan fingerprint density at radius 2 is 2.16 bits per heavy atom. The molecule has 1 fully saturated rings. The van der Waals surface area contributed by atoms with Crippen molar-refractivity contribution >= 4 is 5.91 Å². The molecule has 4 heteroatoms. The molecule has 2 rings (SSSR count). The number of hydrogen-bond acceptors (Lipinski definition) is 3. The number of rotatable bonds is 4. The van der Waals surface area contributed by atoms with Crippen LogP contribution >= 0.6 is 0 Å². The van der Waals surface area contributed by atoms with Crippen LogP contribution in [0.4, 0.5) is 0 Å². The first-order valence-corrected chi connectivity index (χ1v) is 6.84. The molecule has 1 heterocycles. The van der Waals surface area contributed by atoms with Gasteiger partial charge in [0, 0.05) is 25.6 Å². The summed E-state index contributed by atoms with van der Waals surface area (Å²) >= 11 is 0. The van der Waals surface area contributed by atoms with Gasteiger partial charge in [-0.3, -0.25) is 4.79 Å². The maximum atomic E-state index is 12.3. The molecule has 0 bridgehead atoms. The van der Waals surface area contributed by atoms with Gasteiger partial charge in [-0.25, -0.2) is 0 Å². The van der Waals surface area contributed by atoms with Crippen molar-refractivity contribution in [2.24, 2.45) is 11.7 Å². The molecule has 0 aliphatic carbocycles. The van der Waals surface area contributed by atoms with Gasteiger partial charge in [-0.1, -0.05) is 24.3 Å². The molecule has 1 aromatic rings. The van der Waals surface area contributed by atoms with E-state index in [-0.39, 0.29) is 17.9 Å². The minimum absolute atomic E-state index is 0.129. The van der Waals surface area contributed by atoms with Gasteiger partial charge in [0.15, 0.2) is 0 Å². The number of carbonyl (C=O) groups excluding carboxylic acids is 1. The lowest BCUT2D eigenvalue weighted by atomic mass is 10.0. The Morgan fingerprint density at radius 1 is 1.47 bits per heavy atom. The SMILES string of the molecule is CC(O)C1CCN(C(=O)Cc2ccccc2CN)C1. The van der Waals surface area contributed by atoms with Gasteiger partial charge in [0.1, 0.15) is 0 Å².